The maximum absolute atomic E-state index is 5.47. The maximum atomic E-state index is 5.47. The Balaban J connectivity index is 2.15. The Morgan fingerprint density at radius 1 is 1.36 bits per heavy atom. The summed E-state index contributed by atoms with van der Waals surface area (Å²) in [5.74, 6) is 0.422. The Morgan fingerprint density at radius 3 is 2.79 bits per heavy atom. The van der Waals surface area contributed by atoms with Gasteiger partial charge < -0.3 is 10.5 Å². The minimum atomic E-state index is 0.268. The fraction of sp³-hybridized carbons (Fsp3) is 0.125. The van der Waals surface area contributed by atoms with E-state index in [0.29, 0.717) is 11.6 Å². The number of aryl methyl sites for hydroxylation is 1. The molecule has 6 nitrogen and oxygen atoms in total. The largest absolute Gasteiger partial charge is 0.404 e. The van der Waals surface area contributed by atoms with E-state index in [4.69, 9.17) is 10.5 Å². The molecular formula is C8H9N5O. The second kappa shape index (κ2) is 3.33. The predicted octanol–water partition coefficient (Wildman–Crippen LogP) is 0.585. The highest BCUT2D eigenvalue weighted by atomic mass is 16.5. The zero-order chi connectivity index (χ0) is 9.97. The van der Waals surface area contributed by atoms with Crippen LogP contribution in [0.4, 0.5) is 5.69 Å². The zero-order valence-electron chi connectivity index (χ0n) is 7.58. The van der Waals surface area contributed by atoms with Crippen LogP contribution in [0.1, 0.15) is 0 Å². The van der Waals surface area contributed by atoms with Gasteiger partial charge in [-0.25, -0.2) is 4.98 Å². The van der Waals surface area contributed by atoms with E-state index in [1.165, 1.54) is 6.20 Å². The van der Waals surface area contributed by atoms with Gasteiger partial charge in [-0.15, -0.1) is 5.10 Å². The molecule has 2 rings (SSSR count). The number of nitrogens with two attached hydrogens (primary N) is 1. The predicted molar refractivity (Wildman–Crippen MR) is 49.7 cm³/mol. The molecule has 0 saturated carbocycles. The van der Waals surface area contributed by atoms with Crippen LogP contribution in [-0.2, 0) is 7.05 Å². The number of ether oxygens (including phenoxy) is 1. The SMILES string of the molecule is Cn1cnc(Oc2ccc(N)cn2)n1. The van der Waals surface area contributed by atoms with Crippen molar-refractivity contribution in [1.82, 2.24) is 19.7 Å². The van der Waals surface area contributed by atoms with Gasteiger partial charge in [-0.3, -0.25) is 4.68 Å². The van der Waals surface area contributed by atoms with Crippen molar-refractivity contribution in [2.75, 3.05) is 5.73 Å². The van der Waals surface area contributed by atoms with E-state index in [-0.39, 0.29) is 6.01 Å². The normalized spacial score (nSPS) is 10.1. The quantitative estimate of drug-likeness (QED) is 0.751. The van der Waals surface area contributed by atoms with Gasteiger partial charge in [-0.05, 0) is 6.07 Å². The van der Waals surface area contributed by atoms with Crippen LogP contribution in [0.3, 0.4) is 0 Å². The van der Waals surface area contributed by atoms with Crippen LogP contribution in [0.5, 0.6) is 11.9 Å². The van der Waals surface area contributed by atoms with Crippen LogP contribution in [0, 0.1) is 0 Å². The van der Waals surface area contributed by atoms with Gasteiger partial charge >= 0.3 is 6.01 Å². The first-order chi connectivity index (χ1) is 6.74. The third-order valence-electron chi connectivity index (χ3n) is 1.53. The van der Waals surface area contributed by atoms with Crippen LogP contribution in [-0.4, -0.2) is 19.7 Å². The average molecular weight is 191 g/mol. The molecule has 14 heavy (non-hydrogen) atoms. The number of rotatable bonds is 2. The van der Waals surface area contributed by atoms with Gasteiger partial charge in [0.1, 0.15) is 6.33 Å². The molecule has 0 bridgehead atoms. The van der Waals surface area contributed by atoms with Crippen molar-refractivity contribution < 1.29 is 4.74 Å². The number of nitrogens with zero attached hydrogens (tertiary/aromatic N) is 4. The highest BCUT2D eigenvalue weighted by molar-refractivity contribution is 5.36. The Labute approximate surface area is 80.4 Å². The summed E-state index contributed by atoms with van der Waals surface area (Å²) in [4.78, 5) is 7.84. The Hall–Kier alpha value is -2.11. The zero-order valence-corrected chi connectivity index (χ0v) is 7.58. The Morgan fingerprint density at radius 2 is 2.21 bits per heavy atom. The summed E-state index contributed by atoms with van der Waals surface area (Å²) in [6, 6.07) is 3.63. The van der Waals surface area contributed by atoms with E-state index >= 15 is 0 Å². The molecule has 0 spiro atoms. The molecule has 2 aromatic rings. The highest BCUT2D eigenvalue weighted by Gasteiger charge is 2.01. The molecule has 6 heteroatoms. The van der Waals surface area contributed by atoms with E-state index in [9.17, 15) is 0 Å². The highest BCUT2D eigenvalue weighted by Crippen LogP contribution is 2.14. The number of nitrogen functional groups attached to an aromatic ring is 1. The van der Waals surface area contributed by atoms with Crippen molar-refractivity contribution in [3.63, 3.8) is 0 Å². The van der Waals surface area contributed by atoms with Crippen molar-refractivity contribution in [2.24, 2.45) is 7.05 Å². The van der Waals surface area contributed by atoms with Crippen molar-refractivity contribution >= 4 is 5.69 Å². The number of hydrogen-bond donors (Lipinski definition) is 1. The van der Waals surface area contributed by atoms with Gasteiger partial charge in [0.2, 0.25) is 5.88 Å². The van der Waals surface area contributed by atoms with E-state index in [1.807, 2.05) is 0 Å². The maximum Gasteiger partial charge on any atom is 0.342 e. The van der Waals surface area contributed by atoms with Gasteiger partial charge in [0.15, 0.2) is 0 Å². The molecule has 0 radical (unpaired) electrons. The van der Waals surface area contributed by atoms with Crippen LogP contribution >= 0.6 is 0 Å². The van der Waals surface area contributed by atoms with Crippen LogP contribution in [0.25, 0.3) is 0 Å². The van der Waals surface area contributed by atoms with Crippen LogP contribution in [0.2, 0.25) is 0 Å². The second-order valence-electron chi connectivity index (χ2n) is 2.73. The van der Waals surface area contributed by atoms with Crippen LogP contribution < -0.4 is 10.5 Å². The molecule has 0 saturated heterocycles. The molecule has 0 aromatic carbocycles. The third kappa shape index (κ3) is 1.79. The van der Waals surface area contributed by atoms with E-state index in [2.05, 4.69) is 15.1 Å². The number of hydrogen-bond acceptors (Lipinski definition) is 5. The minimum Gasteiger partial charge on any atom is -0.404 e. The summed E-state index contributed by atoms with van der Waals surface area (Å²) in [6.07, 6.45) is 3.06. The first kappa shape index (κ1) is 8.49. The van der Waals surface area contributed by atoms with Crippen molar-refractivity contribution in [3.05, 3.63) is 24.7 Å². The average Bonchev–Trinajstić information content (AvgIpc) is 2.56. The van der Waals surface area contributed by atoms with E-state index in [0.717, 1.165) is 0 Å². The topological polar surface area (TPSA) is 78.9 Å². The number of anilines is 1. The Bertz CT molecular complexity index is 422. The second-order valence-corrected chi connectivity index (χ2v) is 2.73. The lowest BCUT2D eigenvalue weighted by atomic mass is 10.4. The smallest absolute Gasteiger partial charge is 0.342 e. The Kier molecular flexibility index (Phi) is 2.02. The summed E-state index contributed by atoms with van der Waals surface area (Å²) < 4.78 is 6.79. The molecule has 0 aliphatic heterocycles. The monoisotopic (exact) mass is 191 g/mol. The molecule has 2 N–H and O–H groups in total. The van der Waals surface area contributed by atoms with Gasteiger partial charge in [-0.1, -0.05) is 0 Å². The first-order valence-corrected chi connectivity index (χ1v) is 3.99. The fourth-order valence-electron chi connectivity index (χ4n) is 0.912. The molecule has 0 aliphatic carbocycles. The van der Waals surface area contributed by atoms with Gasteiger partial charge in [0, 0.05) is 13.1 Å². The fourth-order valence-corrected chi connectivity index (χ4v) is 0.912. The standard InChI is InChI=1S/C8H9N5O/c1-13-5-11-8(12-13)14-7-3-2-6(9)4-10-7/h2-5H,9H2,1H3. The van der Waals surface area contributed by atoms with Gasteiger partial charge in [-0.2, -0.15) is 4.98 Å². The summed E-state index contributed by atoms with van der Waals surface area (Å²) in [5, 5.41) is 3.94. The van der Waals surface area contributed by atoms with Crippen molar-refractivity contribution in [3.8, 4) is 11.9 Å². The lowest BCUT2D eigenvalue weighted by Crippen LogP contribution is -1.92. The molecule has 0 fully saturated rings. The van der Waals surface area contributed by atoms with Crippen molar-refractivity contribution in [1.29, 1.82) is 0 Å². The molecule has 2 heterocycles. The number of aromatic nitrogens is 4. The minimum absolute atomic E-state index is 0.268. The third-order valence-corrected chi connectivity index (χ3v) is 1.53. The van der Waals surface area contributed by atoms with Crippen molar-refractivity contribution in [2.45, 2.75) is 0 Å². The lowest BCUT2D eigenvalue weighted by Gasteiger charge is -1.98. The molecule has 0 atom stereocenters. The lowest BCUT2D eigenvalue weighted by molar-refractivity contribution is 0.423. The molecule has 0 aliphatic rings. The van der Waals surface area contributed by atoms with E-state index in [1.54, 1.807) is 30.2 Å². The molecular weight excluding hydrogens is 182 g/mol. The van der Waals surface area contributed by atoms with Gasteiger partial charge in [0.05, 0.1) is 11.9 Å². The molecule has 72 valence electrons. The molecule has 0 amide bonds. The summed E-state index contributed by atoms with van der Waals surface area (Å²) in [7, 11) is 1.76. The van der Waals surface area contributed by atoms with E-state index < -0.39 is 0 Å². The summed E-state index contributed by atoms with van der Waals surface area (Å²) in [5.41, 5.74) is 6.06. The van der Waals surface area contributed by atoms with Crippen LogP contribution in [0.15, 0.2) is 24.7 Å². The summed E-state index contributed by atoms with van der Waals surface area (Å²) >= 11 is 0. The molecule has 2 aromatic heterocycles. The van der Waals surface area contributed by atoms with Gasteiger partial charge in [0.25, 0.3) is 0 Å². The first-order valence-electron chi connectivity index (χ1n) is 3.99. The molecule has 0 unspecified atom stereocenters. The number of pyridine rings is 1. The summed E-state index contributed by atoms with van der Waals surface area (Å²) in [6.45, 7) is 0.